The van der Waals surface area contributed by atoms with Gasteiger partial charge >= 0.3 is 116 Å². The quantitative estimate of drug-likeness (QED) is 0.541. The minimum atomic E-state index is -2.01. The Bertz CT molecular complexity index is 517. The Balaban J connectivity index is 2.54. The molecule has 0 amide bonds. The van der Waals surface area contributed by atoms with Crippen LogP contribution in [0.5, 0.6) is 0 Å². The van der Waals surface area contributed by atoms with Crippen molar-refractivity contribution in [2.24, 2.45) is 0 Å². The summed E-state index contributed by atoms with van der Waals surface area (Å²) in [7, 11) is 0. The number of rotatable bonds is 2. The molecule has 3 heteroatoms. The molecule has 0 aliphatic rings. The zero-order valence-corrected chi connectivity index (χ0v) is 14.9. The number of hydrogen-bond donors (Lipinski definition) is 0. The maximum absolute atomic E-state index is 3.62. The van der Waals surface area contributed by atoms with Crippen LogP contribution < -0.4 is 8.15 Å². The third-order valence-corrected chi connectivity index (χ3v) is 8.99. The molecule has 0 saturated carbocycles. The predicted octanol–water partition coefficient (Wildman–Crippen LogP) is 3.27. The third-order valence-electron chi connectivity index (χ3n) is 2.76. The average molecular weight is 398 g/mol. The van der Waals surface area contributed by atoms with Gasteiger partial charge in [0.25, 0.3) is 0 Å². The van der Waals surface area contributed by atoms with Crippen LogP contribution in [0.1, 0.15) is 0 Å². The summed E-state index contributed by atoms with van der Waals surface area (Å²) >= 11 is 1.62. The van der Waals surface area contributed by atoms with E-state index in [-0.39, 0.29) is 0 Å². The summed E-state index contributed by atoms with van der Waals surface area (Å²) in [6.07, 6.45) is 4.17. The van der Waals surface area contributed by atoms with Crippen LogP contribution in [0.25, 0.3) is 5.69 Å². The van der Waals surface area contributed by atoms with Crippen LogP contribution in [0.3, 0.4) is 0 Å². The molecule has 2 aromatic rings. The van der Waals surface area contributed by atoms with Gasteiger partial charge in [-0.3, -0.25) is 0 Å². The van der Waals surface area contributed by atoms with Crippen molar-refractivity contribution in [2.45, 2.75) is 14.8 Å². The van der Waals surface area contributed by atoms with Crippen molar-refractivity contribution in [3.05, 3.63) is 53.3 Å². The summed E-state index contributed by atoms with van der Waals surface area (Å²) in [6.45, 7) is 0. The number of halogens is 1. The Kier molecular flexibility index (Phi) is 3.93. The van der Waals surface area contributed by atoms with E-state index < -0.39 is 18.4 Å². The second-order valence-corrected chi connectivity index (χ2v) is 20.6. The molecule has 0 N–H and O–H groups in total. The van der Waals surface area contributed by atoms with Gasteiger partial charge in [0.2, 0.25) is 0 Å². The molecular formula is C14H17BrNSn+. The summed E-state index contributed by atoms with van der Waals surface area (Å²) < 4.78 is 4.87. The van der Waals surface area contributed by atoms with Crippen molar-refractivity contribution in [3.63, 3.8) is 0 Å². The summed E-state index contributed by atoms with van der Waals surface area (Å²) in [5.41, 5.74) is 1.24. The molecule has 0 unspecified atom stereocenters. The molecule has 88 valence electrons. The van der Waals surface area contributed by atoms with E-state index in [1.807, 2.05) is 6.07 Å². The SMILES string of the molecule is [CH3][Sn]([CH3])([CH3])[c]1cc(Br)cc(-[n+]2ccccc2)c1. The van der Waals surface area contributed by atoms with Crippen molar-refractivity contribution >= 4 is 37.9 Å². The monoisotopic (exact) mass is 398 g/mol. The van der Waals surface area contributed by atoms with Crippen LogP contribution >= 0.6 is 15.9 Å². The molecule has 0 bridgehead atoms. The molecule has 1 nitrogen and oxygen atoms in total. The van der Waals surface area contributed by atoms with Gasteiger partial charge in [0, 0.05) is 0 Å². The Morgan fingerprint density at radius 1 is 0.941 bits per heavy atom. The first kappa shape index (κ1) is 13.1. The second-order valence-electron chi connectivity index (χ2n) is 5.23. The first-order valence-corrected chi connectivity index (χ1v) is 16.5. The molecule has 0 radical (unpaired) electrons. The Labute approximate surface area is 115 Å². The van der Waals surface area contributed by atoms with E-state index in [0.717, 1.165) is 0 Å². The van der Waals surface area contributed by atoms with Gasteiger partial charge in [-0.05, 0) is 0 Å². The molecule has 0 aliphatic heterocycles. The maximum atomic E-state index is 3.62. The second kappa shape index (κ2) is 5.10. The predicted molar refractivity (Wildman–Crippen MR) is 78.7 cm³/mol. The van der Waals surface area contributed by atoms with Gasteiger partial charge in [0.1, 0.15) is 0 Å². The first-order valence-electron chi connectivity index (χ1n) is 5.74. The van der Waals surface area contributed by atoms with Crippen molar-refractivity contribution in [1.29, 1.82) is 0 Å². The van der Waals surface area contributed by atoms with E-state index in [2.05, 4.69) is 78.0 Å². The van der Waals surface area contributed by atoms with Gasteiger partial charge < -0.3 is 0 Å². The molecule has 0 aliphatic carbocycles. The zero-order valence-electron chi connectivity index (χ0n) is 10.4. The Morgan fingerprint density at radius 2 is 1.59 bits per heavy atom. The molecule has 0 spiro atoms. The topological polar surface area (TPSA) is 3.88 Å². The van der Waals surface area contributed by atoms with Gasteiger partial charge in [-0.2, -0.15) is 0 Å². The average Bonchev–Trinajstić information content (AvgIpc) is 2.28. The summed E-state index contributed by atoms with van der Waals surface area (Å²) in [4.78, 5) is 7.32. The van der Waals surface area contributed by atoms with Crippen LogP contribution in [0.15, 0.2) is 53.3 Å². The molecule has 0 saturated heterocycles. The third kappa shape index (κ3) is 3.32. The molecule has 17 heavy (non-hydrogen) atoms. The Hall–Kier alpha value is -0.351. The molecule has 1 heterocycles. The van der Waals surface area contributed by atoms with Crippen LogP contribution in [0.4, 0.5) is 0 Å². The van der Waals surface area contributed by atoms with E-state index >= 15 is 0 Å². The molecule has 1 aromatic heterocycles. The van der Waals surface area contributed by atoms with Crippen molar-refractivity contribution < 1.29 is 4.57 Å². The van der Waals surface area contributed by atoms with Gasteiger partial charge in [0.05, 0.1) is 0 Å². The number of pyridine rings is 1. The Morgan fingerprint density at radius 3 is 2.18 bits per heavy atom. The molecule has 2 rings (SSSR count). The van der Waals surface area contributed by atoms with Gasteiger partial charge in [0.15, 0.2) is 0 Å². The minimum absolute atomic E-state index is 1.17. The van der Waals surface area contributed by atoms with E-state index in [0.29, 0.717) is 0 Å². The number of hydrogen-bond acceptors (Lipinski definition) is 0. The van der Waals surface area contributed by atoms with Crippen LogP contribution in [0.2, 0.25) is 14.8 Å². The van der Waals surface area contributed by atoms with Gasteiger partial charge in [-0.25, -0.2) is 0 Å². The van der Waals surface area contributed by atoms with Crippen LogP contribution in [-0.2, 0) is 0 Å². The molecule has 0 atom stereocenters. The van der Waals surface area contributed by atoms with Crippen LogP contribution in [0, 0.1) is 0 Å². The van der Waals surface area contributed by atoms with Gasteiger partial charge in [-0.1, -0.05) is 0 Å². The van der Waals surface area contributed by atoms with E-state index in [9.17, 15) is 0 Å². The standard InChI is InChI=1S/C11H8BrN.3CH3.Sn/c12-10-5-4-6-11(9-10)13-7-2-1-3-8-13;;;;/h1-3,5-9H;3*1H3;/q+1;;;;. The normalized spacial score (nSPS) is 11.5. The molecule has 0 fully saturated rings. The fourth-order valence-electron chi connectivity index (χ4n) is 1.73. The van der Waals surface area contributed by atoms with Crippen LogP contribution in [-0.4, -0.2) is 18.4 Å². The fraction of sp³-hybridized carbons (Fsp3) is 0.214. The summed E-state index contributed by atoms with van der Waals surface area (Å²) in [6, 6.07) is 12.9. The summed E-state index contributed by atoms with van der Waals surface area (Å²) in [5.74, 6) is 0. The fourth-order valence-corrected chi connectivity index (χ4v) is 6.15. The van der Waals surface area contributed by atoms with E-state index in [1.54, 1.807) is 3.58 Å². The first-order chi connectivity index (χ1) is 7.97. The zero-order chi connectivity index (χ0) is 12.5. The number of aromatic nitrogens is 1. The van der Waals surface area contributed by atoms with Crippen molar-refractivity contribution in [3.8, 4) is 5.69 Å². The molecule has 1 aromatic carbocycles. The summed E-state index contributed by atoms with van der Waals surface area (Å²) in [5, 5.41) is 0. The van der Waals surface area contributed by atoms with Crippen molar-refractivity contribution in [1.82, 2.24) is 0 Å². The molecular weight excluding hydrogens is 381 g/mol. The number of nitrogens with zero attached hydrogens (tertiary/aromatic N) is 1. The number of benzene rings is 1. The van der Waals surface area contributed by atoms with Gasteiger partial charge in [-0.15, -0.1) is 0 Å². The van der Waals surface area contributed by atoms with E-state index in [1.165, 1.54) is 10.2 Å². The van der Waals surface area contributed by atoms with E-state index in [4.69, 9.17) is 0 Å². The van der Waals surface area contributed by atoms with Crippen molar-refractivity contribution in [2.75, 3.05) is 0 Å².